The third-order valence-corrected chi connectivity index (χ3v) is 3.09. The molecular formula is C14H23N3O2. The van der Waals surface area contributed by atoms with Crippen LogP contribution in [0.3, 0.4) is 0 Å². The number of anilines is 1. The van der Waals surface area contributed by atoms with Crippen LogP contribution in [-0.2, 0) is 4.79 Å². The molecule has 0 aliphatic rings. The molecule has 0 saturated heterocycles. The van der Waals surface area contributed by atoms with Gasteiger partial charge in [-0.15, -0.1) is 0 Å². The molecule has 0 radical (unpaired) electrons. The molecule has 0 atom stereocenters. The number of carboxylic acid groups (broad SMARTS) is 1. The molecule has 1 heterocycles. The van der Waals surface area contributed by atoms with Crippen molar-refractivity contribution in [2.24, 2.45) is 5.41 Å². The molecule has 1 aromatic rings. The minimum Gasteiger partial charge on any atom is -0.481 e. The largest absolute Gasteiger partial charge is 0.481 e. The van der Waals surface area contributed by atoms with Crippen LogP contribution in [0.1, 0.15) is 44.6 Å². The molecule has 0 bridgehead atoms. The van der Waals surface area contributed by atoms with Crippen molar-refractivity contribution in [2.45, 2.75) is 47.0 Å². The van der Waals surface area contributed by atoms with Crippen LogP contribution < -0.4 is 5.32 Å². The highest BCUT2D eigenvalue weighted by Crippen LogP contribution is 2.26. The van der Waals surface area contributed by atoms with E-state index in [2.05, 4.69) is 29.1 Å². The van der Waals surface area contributed by atoms with Gasteiger partial charge >= 0.3 is 5.97 Å². The van der Waals surface area contributed by atoms with Gasteiger partial charge in [-0.05, 0) is 32.1 Å². The number of rotatable bonds is 7. The van der Waals surface area contributed by atoms with Gasteiger partial charge in [-0.3, -0.25) is 4.79 Å². The fraction of sp³-hybridized carbons (Fsp3) is 0.643. The van der Waals surface area contributed by atoms with E-state index in [9.17, 15) is 4.79 Å². The maximum Gasteiger partial charge on any atom is 0.303 e. The van der Waals surface area contributed by atoms with Crippen LogP contribution in [0, 0.1) is 19.3 Å². The first-order chi connectivity index (χ1) is 8.78. The van der Waals surface area contributed by atoms with Crippen LogP contribution in [0.5, 0.6) is 0 Å². The van der Waals surface area contributed by atoms with Gasteiger partial charge in [-0.1, -0.05) is 13.8 Å². The van der Waals surface area contributed by atoms with Crippen molar-refractivity contribution < 1.29 is 9.90 Å². The lowest BCUT2D eigenvalue weighted by atomic mass is 9.84. The summed E-state index contributed by atoms with van der Waals surface area (Å²) in [6.45, 7) is 8.77. The van der Waals surface area contributed by atoms with E-state index in [-0.39, 0.29) is 11.8 Å². The molecule has 2 N–H and O–H groups in total. The smallest absolute Gasteiger partial charge is 0.303 e. The maximum atomic E-state index is 10.6. The molecule has 5 heteroatoms. The summed E-state index contributed by atoms with van der Waals surface area (Å²) in [5.74, 6) is 0.856. The average Bonchev–Trinajstić information content (AvgIpc) is 2.25. The number of hydrogen-bond acceptors (Lipinski definition) is 4. The number of nitrogens with zero attached hydrogens (tertiary/aromatic N) is 2. The van der Waals surface area contributed by atoms with E-state index in [1.165, 1.54) is 0 Å². The van der Waals surface area contributed by atoms with Crippen LogP contribution >= 0.6 is 0 Å². The van der Waals surface area contributed by atoms with Crippen LogP contribution in [0.4, 0.5) is 5.82 Å². The quantitative estimate of drug-likeness (QED) is 0.793. The number of carboxylic acids is 1. The topological polar surface area (TPSA) is 75.1 Å². The fourth-order valence-electron chi connectivity index (χ4n) is 1.91. The average molecular weight is 265 g/mol. The fourth-order valence-corrected chi connectivity index (χ4v) is 1.91. The lowest BCUT2D eigenvalue weighted by molar-refractivity contribution is -0.137. The molecule has 19 heavy (non-hydrogen) atoms. The monoisotopic (exact) mass is 265 g/mol. The van der Waals surface area contributed by atoms with Gasteiger partial charge < -0.3 is 10.4 Å². The molecule has 0 amide bonds. The van der Waals surface area contributed by atoms with Crippen molar-refractivity contribution in [3.05, 3.63) is 17.6 Å². The number of aromatic nitrogens is 2. The third kappa shape index (κ3) is 6.18. The van der Waals surface area contributed by atoms with E-state index in [1.807, 2.05) is 19.9 Å². The Morgan fingerprint density at radius 2 is 2.00 bits per heavy atom. The highest BCUT2D eigenvalue weighted by atomic mass is 16.4. The van der Waals surface area contributed by atoms with Gasteiger partial charge in [0.05, 0.1) is 0 Å². The Morgan fingerprint density at radius 3 is 2.58 bits per heavy atom. The maximum absolute atomic E-state index is 10.6. The zero-order valence-corrected chi connectivity index (χ0v) is 12.2. The van der Waals surface area contributed by atoms with E-state index in [4.69, 9.17) is 5.11 Å². The number of hydrogen-bond donors (Lipinski definition) is 2. The Hall–Kier alpha value is -1.65. The van der Waals surface area contributed by atoms with Gasteiger partial charge in [0.15, 0.2) is 0 Å². The van der Waals surface area contributed by atoms with Crippen molar-refractivity contribution in [1.29, 1.82) is 0 Å². The molecule has 0 fully saturated rings. The van der Waals surface area contributed by atoms with Crippen molar-refractivity contribution >= 4 is 11.8 Å². The van der Waals surface area contributed by atoms with E-state index in [0.717, 1.165) is 30.3 Å². The van der Waals surface area contributed by atoms with Crippen LogP contribution in [0.2, 0.25) is 0 Å². The lowest BCUT2D eigenvalue weighted by Gasteiger charge is -2.24. The van der Waals surface area contributed by atoms with Gasteiger partial charge in [-0.2, -0.15) is 0 Å². The summed E-state index contributed by atoms with van der Waals surface area (Å²) in [7, 11) is 0. The van der Waals surface area contributed by atoms with E-state index in [1.54, 1.807) is 0 Å². The zero-order chi connectivity index (χ0) is 14.5. The van der Waals surface area contributed by atoms with Crippen LogP contribution in [0.15, 0.2) is 6.07 Å². The second-order valence-electron chi connectivity index (χ2n) is 5.68. The summed E-state index contributed by atoms with van der Waals surface area (Å²) in [6.07, 6.45) is 1.81. The molecule has 1 aromatic heterocycles. The predicted octanol–water partition coefficient (Wildman–Crippen LogP) is 2.79. The van der Waals surface area contributed by atoms with E-state index in [0.29, 0.717) is 6.42 Å². The summed E-state index contributed by atoms with van der Waals surface area (Å²) in [4.78, 5) is 19.1. The predicted molar refractivity (Wildman–Crippen MR) is 75.3 cm³/mol. The Bertz CT molecular complexity index is 424. The molecule has 5 nitrogen and oxygen atoms in total. The number of nitrogens with one attached hydrogen (secondary N) is 1. The van der Waals surface area contributed by atoms with E-state index < -0.39 is 5.97 Å². The van der Waals surface area contributed by atoms with Crippen LogP contribution in [-0.4, -0.2) is 27.6 Å². The first-order valence-corrected chi connectivity index (χ1v) is 6.56. The minimum absolute atomic E-state index is 0.0164. The van der Waals surface area contributed by atoms with Gasteiger partial charge in [0.2, 0.25) is 0 Å². The lowest BCUT2D eigenvalue weighted by Crippen LogP contribution is -2.18. The first-order valence-electron chi connectivity index (χ1n) is 6.56. The summed E-state index contributed by atoms with van der Waals surface area (Å²) in [5, 5.41) is 12.0. The van der Waals surface area contributed by atoms with Crippen LogP contribution in [0.25, 0.3) is 0 Å². The van der Waals surface area contributed by atoms with Gasteiger partial charge in [0.1, 0.15) is 11.6 Å². The normalized spacial score (nSPS) is 11.4. The summed E-state index contributed by atoms with van der Waals surface area (Å²) in [5.41, 5.74) is 0.961. The summed E-state index contributed by atoms with van der Waals surface area (Å²) in [6, 6.07) is 1.91. The molecular weight excluding hydrogens is 242 g/mol. The van der Waals surface area contributed by atoms with Crippen molar-refractivity contribution in [1.82, 2.24) is 9.97 Å². The standard InChI is InChI=1S/C14H23N3O2/c1-10-9-12(17-11(2)16-10)15-8-7-14(3,4)6-5-13(18)19/h9H,5-8H2,1-4H3,(H,18,19)(H,15,16,17). The summed E-state index contributed by atoms with van der Waals surface area (Å²) >= 11 is 0. The second kappa shape index (κ2) is 6.50. The molecule has 106 valence electrons. The number of aryl methyl sites for hydroxylation is 2. The van der Waals surface area contributed by atoms with Gasteiger partial charge in [0, 0.05) is 24.7 Å². The molecule has 0 unspecified atom stereocenters. The van der Waals surface area contributed by atoms with Crippen molar-refractivity contribution in [3.63, 3.8) is 0 Å². The first kappa shape index (κ1) is 15.4. The van der Waals surface area contributed by atoms with Crippen molar-refractivity contribution in [2.75, 3.05) is 11.9 Å². The highest BCUT2D eigenvalue weighted by Gasteiger charge is 2.18. The molecule has 0 aromatic carbocycles. The van der Waals surface area contributed by atoms with Gasteiger partial charge in [-0.25, -0.2) is 9.97 Å². The third-order valence-electron chi connectivity index (χ3n) is 3.09. The molecule has 0 saturated carbocycles. The molecule has 0 spiro atoms. The number of carbonyl (C=O) groups is 1. The van der Waals surface area contributed by atoms with E-state index >= 15 is 0 Å². The molecule has 0 aliphatic carbocycles. The van der Waals surface area contributed by atoms with Gasteiger partial charge in [0.25, 0.3) is 0 Å². The second-order valence-corrected chi connectivity index (χ2v) is 5.68. The minimum atomic E-state index is -0.733. The number of aliphatic carboxylic acids is 1. The summed E-state index contributed by atoms with van der Waals surface area (Å²) < 4.78 is 0. The Labute approximate surface area is 114 Å². The molecule has 0 aliphatic heterocycles. The SMILES string of the molecule is Cc1cc(NCCC(C)(C)CCC(=O)O)nc(C)n1. The zero-order valence-electron chi connectivity index (χ0n) is 12.2. The highest BCUT2D eigenvalue weighted by molar-refractivity contribution is 5.66. The van der Waals surface area contributed by atoms with Crippen molar-refractivity contribution in [3.8, 4) is 0 Å². The Morgan fingerprint density at radius 1 is 1.32 bits per heavy atom. The molecule has 1 rings (SSSR count). The Balaban J connectivity index is 2.42. The Kier molecular flexibility index (Phi) is 5.27.